The van der Waals surface area contributed by atoms with Gasteiger partial charge in [0.05, 0.1) is 0 Å². The molecule has 0 radical (unpaired) electrons. The normalized spacial score (nSPS) is 32.8. The van der Waals surface area contributed by atoms with E-state index >= 15 is 0 Å². The molecule has 1 aliphatic rings. The maximum absolute atomic E-state index is 11.0. The Morgan fingerprint density at radius 3 is 2.82 bits per heavy atom. The molecule has 3 nitrogen and oxygen atoms in total. The maximum atomic E-state index is 11.0. The molecule has 1 fully saturated rings. The van der Waals surface area contributed by atoms with Crippen molar-refractivity contribution in [2.24, 2.45) is 11.1 Å². The summed E-state index contributed by atoms with van der Waals surface area (Å²) >= 11 is 0. The average molecular weight is 156 g/mol. The Balaban J connectivity index is 2.59. The first-order valence-electron chi connectivity index (χ1n) is 4.16. The Labute approximate surface area is 67.3 Å². The van der Waals surface area contributed by atoms with Crippen LogP contribution in [-0.2, 0) is 4.79 Å². The number of nitrogens with one attached hydrogen (secondary N) is 1. The van der Waals surface area contributed by atoms with Crippen LogP contribution in [0.25, 0.3) is 0 Å². The van der Waals surface area contributed by atoms with E-state index in [0.717, 1.165) is 32.4 Å². The molecule has 0 spiro atoms. The van der Waals surface area contributed by atoms with Crippen molar-refractivity contribution >= 4 is 5.91 Å². The monoisotopic (exact) mass is 156 g/mol. The Bertz CT molecular complexity index is 148. The van der Waals surface area contributed by atoms with Crippen molar-refractivity contribution < 1.29 is 4.79 Å². The summed E-state index contributed by atoms with van der Waals surface area (Å²) in [4.78, 5) is 11.0. The fourth-order valence-electron chi connectivity index (χ4n) is 1.46. The molecule has 3 heteroatoms. The zero-order valence-electron chi connectivity index (χ0n) is 7.02. The first kappa shape index (κ1) is 8.53. The van der Waals surface area contributed by atoms with Crippen LogP contribution in [0.1, 0.15) is 26.2 Å². The maximum Gasteiger partial charge on any atom is 0.223 e. The van der Waals surface area contributed by atoms with Crippen LogP contribution in [0.2, 0.25) is 0 Å². The Morgan fingerprint density at radius 1 is 1.45 bits per heavy atom. The van der Waals surface area contributed by atoms with Crippen molar-refractivity contribution in [3.63, 3.8) is 0 Å². The van der Waals surface area contributed by atoms with E-state index in [4.69, 9.17) is 5.73 Å². The van der Waals surface area contributed by atoms with Crippen LogP contribution in [0.15, 0.2) is 0 Å². The summed E-state index contributed by atoms with van der Waals surface area (Å²) in [7, 11) is 0. The van der Waals surface area contributed by atoms with Crippen molar-refractivity contribution in [1.82, 2.24) is 5.32 Å². The molecule has 0 bridgehead atoms. The van der Waals surface area contributed by atoms with E-state index in [1.807, 2.05) is 6.92 Å². The van der Waals surface area contributed by atoms with Gasteiger partial charge in [-0.05, 0) is 32.4 Å². The van der Waals surface area contributed by atoms with Gasteiger partial charge in [0.15, 0.2) is 0 Å². The molecule has 0 saturated carbocycles. The van der Waals surface area contributed by atoms with Gasteiger partial charge in [-0.2, -0.15) is 0 Å². The highest BCUT2D eigenvalue weighted by molar-refractivity contribution is 5.80. The fourth-order valence-corrected chi connectivity index (χ4v) is 1.46. The number of hydrogen-bond donors (Lipinski definition) is 2. The van der Waals surface area contributed by atoms with Crippen LogP contribution >= 0.6 is 0 Å². The first-order valence-corrected chi connectivity index (χ1v) is 4.16. The highest BCUT2D eigenvalue weighted by Crippen LogP contribution is 2.27. The highest BCUT2D eigenvalue weighted by atomic mass is 16.1. The van der Waals surface area contributed by atoms with E-state index in [-0.39, 0.29) is 11.3 Å². The largest absolute Gasteiger partial charge is 0.369 e. The van der Waals surface area contributed by atoms with E-state index in [1.54, 1.807) is 0 Å². The molecule has 0 aliphatic carbocycles. The molecule has 3 N–H and O–H groups in total. The van der Waals surface area contributed by atoms with Gasteiger partial charge in [-0.3, -0.25) is 4.79 Å². The molecule has 0 aromatic rings. The smallest absolute Gasteiger partial charge is 0.223 e. The van der Waals surface area contributed by atoms with E-state index < -0.39 is 0 Å². The van der Waals surface area contributed by atoms with Crippen molar-refractivity contribution in [3.05, 3.63) is 0 Å². The summed E-state index contributed by atoms with van der Waals surface area (Å²) in [5, 5.41) is 3.25. The zero-order chi connectivity index (χ0) is 8.32. The van der Waals surface area contributed by atoms with Crippen LogP contribution < -0.4 is 11.1 Å². The first-order chi connectivity index (χ1) is 5.15. The summed E-state index contributed by atoms with van der Waals surface area (Å²) in [6, 6.07) is 0. The summed E-state index contributed by atoms with van der Waals surface area (Å²) in [5.41, 5.74) is 5.04. The lowest BCUT2D eigenvalue weighted by molar-refractivity contribution is -0.127. The molecule has 1 rings (SSSR count). The van der Waals surface area contributed by atoms with Crippen LogP contribution in [0, 0.1) is 5.41 Å². The van der Waals surface area contributed by atoms with Crippen LogP contribution in [-0.4, -0.2) is 19.0 Å². The highest BCUT2D eigenvalue weighted by Gasteiger charge is 2.30. The van der Waals surface area contributed by atoms with Gasteiger partial charge < -0.3 is 11.1 Å². The minimum atomic E-state index is -0.260. The lowest BCUT2D eigenvalue weighted by Crippen LogP contribution is -2.34. The number of carbonyl (C=O) groups is 1. The molecular formula is C8H16N2O. The van der Waals surface area contributed by atoms with E-state index in [9.17, 15) is 4.79 Å². The predicted octanol–water partition coefficient (Wildman–Crippen LogP) is 0.251. The molecule has 11 heavy (non-hydrogen) atoms. The van der Waals surface area contributed by atoms with Crippen molar-refractivity contribution in [2.45, 2.75) is 26.2 Å². The third kappa shape index (κ3) is 1.93. The molecular weight excluding hydrogens is 140 g/mol. The van der Waals surface area contributed by atoms with Gasteiger partial charge in [0.1, 0.15) is 0 Å². The second-order valence-electron chi connectivity index (χ2n) is 3.53. The molecule has 0 aromatic heterocycles. The minimum Gasteiger partial charge on any atom is -0.369 e. The molecule has 1 saturated heterocycles. The van der Waals surface area contributed by atoms with Crippen LogP contribution in [0.5, 0.6) is 0 Å². The molecule has 1 heterocycles. The van der Waals surface area contributed by atoms with Crippen LogP contribution in [0.3, 0.4) is 0 Å². The molecule has 1 atom stereocenters. The average Bonchev–Trinajstić information content (AvgIpc) is 2.15. The number of nitrogens with two attached hydrogens (primary N) is 1. The lowest BCUT2D eigenvalue weighted by Gasteiger charge is -2.22. The van der Waals surface area contributed by atoms with E-state index in [0.29, 0.717) is 0 Å². The van der Waals surface area contributed by atoms with Gasteiger partial charge >= 0.3 is 0 Å². The Kier molecular flexibility index (Phi) is 2.49. The van der Waals surface area contributed by atoms with Crippen molar-refractivity contribution in [3.8, 4) is 0 Å². The SMILES string of the molecule is CC1(C(N)=O)CCCNCC1. The lowest BCUT2D eigenvalue weighted by atomic mass is 9.82. The summed E-state index contributed by atoms with van der Waals surface area (Å²) in [5.74, 6) is -0.152. The number of carbonyl (C=O) groups excluding carboxylic acids is 1. The topological polar surface area (TPSA) is 55.1 Å². The Morgan fingerprint density at radius 2 is 2.18 bits per heavy atom. The van der Waals surface area contributed by atoms with Crippen LogP contribution in [0.4, 0.5) is 0 Å². The summed E-state index contributed by atoms with van der Waals surface area (Å²) < 4.78 is 0. The predicted molar refractivity (Wildman–Crippen MR) is 44.0 cm³/mol. The minimum absolute atomic E-state index is 0.152. The fraction of sp³-hybridized carbons (Fsp3) is 0.875. The summed E-state index contributed by atoms with van der Waals surface area (Å²) in [6.45, 7) is 3.89. The van der Waals surface area contributed by atoms with Gasteiger partial charge in [0.25, 0.3) is 0 Å². The van der Waals surface area contributed by atoms with Gasteiger partial charge in [0.2, 0.25) is 5.91 Å². The molecule has 64 valence electrons. The van der Waals surface area contributed by atoms with E-state index in [1.165, 1.54) is 0 Å². The zero-order valence-corrected chi connectivity index (χ0v) is 7.02. The third-order valence-corrected chi connectivity index (χ3v) is 2.53. The molecule has 1 amide bonds. The van der Waals surface area contributed by atoms with Crippen molar-refractivity contribution in [2.75, 3.05) is 13.1 Å². The summed E-state index contributed by atoms with van der Waals surface area (Å²) in [6.07, 6.45) is 2.86. The van der Waals surface area contributed by atoms with Crippen molar-refractivity contribution in [1.29, 1.82) is 0 Å². The molecule has 1 unspecified atom stereocenters. The standard InChI is InChI=1S/C8H16N2O/c1-8(7(9)11)3-2-5-10-6-4-8/h10H,2-6H2,1H3,(H2,9,11). The van der Waals surface area contributed by atoms with Gasteiger partial charge in [-0.25, -0.2) is 0 Å². The number of rotatable bonds is 1. The third-order valence-electron chi connectivity index (χ3n) is 2.53. The number of amides is 1. The molecule has 0 aromatic carbocycles. The van der Waals surface area contributed by atoms with Gasteiger partial charge in [-0.1, -0.05) is 6.92 Å². The number of hydrogen-bond acceptors (Lipinski definition) is 2. The quantitative estimate of drug-likeness (QED) is 0.572. The molecule has 1 aliphatic heterocycles. The number of primary amides is 1. The second kappa shape index (κ2) is 3.22. The van der Waals surface area contributed by atoms with Gasteiger partial charge in [-0.15, -0.1) is 0 Å². The van der Waals surface area contributed by atoms with Gasteiger partial charge in [0, 0.05) is 5.41 Å². The Hall–Kier alpha value is -0.570. The van der Waals surface area contributed by atoms with E-state index in [2.05, 4.69) is 5.32 Å². The second-order valence-corrected chi connectivity index (χ2v) is 3.53.